The molecule has 122 valence electrons. The Balaban J connectivity index is 1.76. The van der Waals surface area contributed by atoms with E-state index < -0.39 is 17.9 Å². The summed E-state index contributed by atoms with van der Waals surface area (Å²) in [6.45, 7) is 0.135. The van der Waals surface area contributed by atoms with Crippen molar-refractivity contribution in [3.8, 4) is 5.75 Å². The van der Waals surface area contributed by atoms with E-state index in [9.17, 15) is 19.6 Å². The zero-order valence-corrected chi connectivity index (χ0v) is 12.3. The van der Waals surface area contributed by atoms with Crippen LogP contribution in [0.3, 0.4) is 0 Å². The molecule has 0 aliphatic carbocycles. The van der Waals surface area contributed by atoms with Crippen LogP contribution in [0.25, 0.3) is 0 Å². The summed E-state index contributed by atoms with van der Waals surface area (Å²) < 4.78 is 5.01. The molecule has 0 atom stereocenters. The molecule has 0 saturated carbocycles. The SMILES string of the molecule is CON(O)c1ccc(OC(=O)NCCN2C(=O)C=CC2=O)cc1. The maximum absolute atomic E-state index is 11.6. The Bertz CT molecular complexity index is 610. The average Bonchev–Trinajstić information content (AvgIpc) is 2.86. The molecule has 0 fully saturated rings. The Kier molecular flexibility index (Phi) is 5.28. The molecule has 0 bridgehead atoms. The number of nitrogens with one attached hydrogen (secondary N) is 1. The molecule has 9 nitrogen and oxygen atoms in total. The van der Waals surface area contributed by atoms with E-state index in [1.54, 1.807) is 0 Å². The van der Waals surface area contributed by atoms with Gasteiger partial charge in [0.25, 0.3) is 11.8 Å². The molecule has 23 heavy (non-hydrogen) atoms. The summed E-state index contributed by atoms with van der Waals surface area (Å²) in [6.07, 6.45) is 1.62. The lowest BCUT2D eigenvalue weighted by molar-refractivity contribution is -0.136. The van der Waals surface area contributed by atoms with Gasteiger partial charge in [0.15, 0.2) is 0 Å². The second kappa shape index (κ2) is 7.38. The molecule has 2 rings (SSSR count). The van der Waals surface area contributed by atoms with Gasteiger partial charge in [-0.1, -0.05) is 0 Å². The quantitative estimate of drug-likeness (QED) is 0.578. The lowest BCUT2D eigenvalue weighted by Crippen LogP contribution is -2.39. The van der Waals surface area contributed by atoms with E-state index in [0.717, 1.165) is 4.90 Å². The van der Waals surface area contributed by atoms with E-state index in [0.29, 0.717) is 10.9 Å². The summed E-state index contributed by atoms with van der Waals surface area (Å²) in [5.41, 5.74) is 0.360. The minimum atomic E-state index is -0.725. The highest BCUT2D eigenvalue weighted by molar-refractivity contribution is 6.12. The van der Waals surface area contributed by atoms with E-state index in [-0.39, 0.29) is 18.8 Å². The van der Waals surface area contributed by atoms with Gasteiger partial charge in [0.05, 0.1) is 12.8 Å². The van der Waals surface area contributed by atoms with Crippen LogP contribution >= 0.6 is 0 Å². The number of anilines is 1. The van der Waals surface area contributed by atoms with Crippen LogP contribution < -0.4 is 15.3 Å². The van der Waals surface area contributed by atoms with Gasteiger partial charge in [0, 0.05) is 25.2 Å². The molecule has 1 aliphatic rings. The highest BCUT2D eigenvalue weighted by Gasteiger charge is 2.22. The lowest BCUT2D eigenvalue weighted by Gasteiger charge is -2.14. The smallest absolute Gasteiger partial charge is 0.410 e. The van der Waals surface area contributed by atoms with Crippen molar-refractivity contribution >= 4 is 23.6 Å². The summed E-state index contributed by atoms with van der Waals surface area (Å²) in [6, 6.07) is 5.90. The molecule has 0 saturated heterocycles. The number of carbonyl (C=O) groups is 3. The first-order chi connectivity index (χ1) is 11.0. The Morgan fingerprint density at radius 2 is 1.83 bits per heavy atom. The minimum absolute atomic E-state index is 0.0615. The van der Waals surface area contributed by atoms with Crippen molar-refractivity contribution < 1.29 is 29.2 Å². The minimum Gasteiger partial charge on any atom is -0.410 e. The predicted molar refractivity (Wildman–Crippen MR) is 77.6 cm³/mol. The third-order valence-corrected chi connectivity index (χ3v) is 2.95. The van der Waals surface area contributed by atoms with Gasteiger partial charge in [-0.25, -0.2) is 4.79 Å². The zero-order chi connectivity index (χ0) is 16.8. The number of nitrogens with zero attached hydrogens (tertiary/aromatic N) is 2. The van der Waals surface area contributed by atoms with Crippen LogP contribution in [0.2, 0.25) is 0 Å². The van der Waals surface area contributed by atoms with E-state index in [4.69, 9.17) is 4.74 Å². The van der Waals surface area contributed by atoms with Crippen LogP contribution in [0.1, 0.15) is 0 Å². The largest absolute Gasteiger partial charge is 0.412 e. The van der Waals surface area contributed by atoms with Crippen molar-refractivity contribution in [2.24, 2.45) is 0 Å². The van der Waals surface area contributed by atoms with Gasteiger partial charge in [0.1, 0.15) is 5.75 Å². The number of amides is 3. The number of ether oxygens (including phenoxy) is 1. The molecule has 1 aromatic rings. The molecular formula is C14H15N3O6. The molecule has 0 radical (unpaired) electrons. The summed E-state index contributed by atoms with van der Waals surface area (Å²) in [7, 11) is 1.29. The fourth-order valence-electron chi connectivity index (χ4n) is 1.81. The van der Waals surface area contributed by atoms with Gasteiger partial charge in [-0.15, -0.1) is 5.23 Å². The van der Waals surface area contributed by atoms with E-state index in [2.05, 4.69) is 10.2 Å². The van der Waals surface area contributed by atoms with Crippen molar-refractivity contribution in [3.63, 3.8) is 0 Å². The highest BCUT2D eigenvalue weighted by atomic mass is 16.9. The van der Waals surface area contributed by atoms with Crippen molar-refractivity contribution in [1.82, 2.24) is 10.2 Å². The van der Waals surface area contributed by atoms with E-state index >= 15 is 0 Å². The standard InChI is InChI=1S/C14H15N3O6/c1-22-17(21)10-2-4-11(5-3-10)23-14(20)15-8-9-16-12(18)6-7-13(16)19/h2-7,21H,8-9H2,1H3,(H,15,20). The second-order valence-corrected chi connectivity index (χ2v) is 4.43. The van der Waals surface area contributed by atoms with Gasteiger partial charge >= 0.3 is 6.09 Å². The maximum atomic E-state index is 11.6. The van der Waals surface area contributed by atoms with Crippen molar-refractivity contribution in [2.75, 3.05) is 25.4 Å². The Labute approximate surface area is 131 Å². The van der Waals surface area contributed by atoms with Crippen LogP contribution in [0.15, 0.2) is 36.4 Å². The number of imide groups is 1. The lowest BCUT2D eigenvalue weighted by atomic mass is 10.3. The summed E-state index contributed by atoms with van der Waals surface area (Å²) >= 11 is 0. The van der Waals surface area contributed by atoms with E-state index in [1.807, 2.05) is 0 Å². The van der Waals surface area contributed by atoms with Gasteiger partial charge in [-0.3, -0.25) is 24.5 Å². The van der Waals surface area contributed by atoms with Crippen molar-refractivity contribution in [2.45, 2.75) is 0 Å². The number of rotatable bonds is 6. The average molecular weight is 321 g/mol. The van der Waals surface area contributed by atoms with Crippen LogP contribution in [0, 0.1) is 0 Å². The zero-order valence-electron chi connectivity index (χ0n) is 12.3. The first-order valence-corrected chi connectivity index (χ1v) is 6.63. The van der Waals surface area contributed by atoms with Crippen molar-refractivity contribution in [1.29, 1.82) is 0 Å². The molecule has 3 amide bonds. The highest BCUT2D eigenvalue weighted by Crippen LogP contribution is 2.18. The maximum Gasteiger partial charge on any atom is 0.412 e. The fraction of sp³-hybridized carbons (Fsp3) is 0.214. The molecule has 1 aromatic carbocycles. The monoisotopic (exact) mass is 321 g/mol. The summed E-state index contributed by atoms with van der Waals surface area (Å²) in [4.78, 5) is 39.8. The Morgan fingerprint density at radius 3 is 2.39 bits per heavy atom. The molecule has 9 heteroatoms. The van der Waals surface area contributed by atoms with Crippen LogP contribution in [-0.4, -0.2) is 48.2 Å². The predicted octanol–water partition coefficient (Wildman–Crippen LogP) is 0.457. The third-order valence-electron chi connectivity index (χ3n) is 2.95. The number of hydrogen-bond acceptors (Lipinski definition) is 7. The fourth-order valence-corrected chi connectivity index (χ4v) is 1.81. The summed E-state index contributed by atoms with van der Waals surface area (Å²) in [5.74, 6) is -0.564. The molecule has 1 aliphatic heterocycles. The van der Waals surface area contributed by atoms with Gasteiger partial charge in [-0.2, -0.15) is 0 Å². The number of benzene rings is 1. The second-order valence-electron chi connectivity index (χ2n) is 4.43. The molecule has 0 unspecified atom stereocenters. The van der Waals surface area contributed by atoms with E-state index in [1.165, 1.54) is 43.5 Å². The summed E-state index contributed by atoms with van der Waals surface area (Å²) in [5, 5.41) is 12.3. The molecule has 0 spiro atoms. The third kappa shape index (κ3) is 4.28. The van der Waals surface area contributed by atoms with Crippen LogP contribution in [0.5, 0.6) is 5.75 Å². The Morgan fingerprint density at radius 1 is 1.22 bits per heavy atom. The van der Waals surface area contributed by atoms with Crippen LogP contribution in [-0.2, 0) is 14.4 Å². The first kappa shape index (κ1) is 16.5. The molecule has 0 aromatic heterocycles. The Hall–Kier alpha value is -2.91. The van der Waals surface area contributed by atoms with Gasteiger partial charge in [0.2, 0.25) is 0 Å². The first-order valence-electron chi connectivity index (χ1n) is 6.63. The molecule has 2 N–H and O–H groups in total. The number of hydrogen-bond donors (Lipinski definition) is 2. The topological polar surface area (TPSA) is 108 Å². The molecular weight excluding hydrogens is 306 g/mol. The normalized spacial score (nSPS) is 13.4. The van der Waals surface area contributed by atoms with Gasteiger partial charge in [-0.05, 0) is 24.3 Å². The van der Waals surface area contributed by atoms with Crippen molar-refractivity contribution in [3.05, 3.63) is 36.4 Å². The number of carbonyl (C=O) groups excluding carboxylic acids is 3. The molecule has 1 heterocycles. The van der Waals surface area contributed by atoms with Gasteiger partial charge < -0.3 is 10.1 Å². The van der Waals surface area contributed by atoms with Crippen LogP contribution in [0.4, 0.5) is 10.5 Å².